The highest BCUT2D eigenvalue weighted by Gasteiger charge is 2.27. The van der Waals surface area contributed by atoms with Crippen molar-refractivity contribution >= 4 is 11.6 Å². The molecule has 3 rings (SSSR count). The number of aryl methyl sites for hydroxylation is 1. The lowest BCUT2D eigenvalue weighted by atomic mass is 10.00. The number of alkyl halides is 2. The van der Waals surface area contributed by atoms with Crippen LogP contribution in [0.3, 0.4) is 0 Å². The molecule has 0 saturated carbocycles. The van der Waals surface area contributed by atoms with Gasteiger partial charge in [-0.25, -0.2) is 4.39 Å². The molecule has 0 radical (unpaired) electrons. The summed E-state index contributed by atoms with van der Waals surface area (Å²) in [5, 5.41) is 0. The number of anilines is 1. The van der Waals surface area contributed by atoms with Crippen molar-refractivity contribution in [3.8, 4) is 11.5 Å². The van der Waals surface area contributed by atoms with Crippen LogP contribution in [0.4, 0.5) is 18.9 Å². The van der Waals surface area contributed by atoms with Crippen molar-refractivity contribution in [1.82, 2.24) is 0 Å². The van der Waals surface area contributed by atoms with E-state index in [1.54, 1.807) is 12.1 Å². The van der Waals surface area contributed by atoms with Crippen LogP contribution >= 0.6 is 0 Å². The molecule has 0 unspecified atom stereocenters. The third kappa shape index (κ3) is 3.40. The largest absolute Gasteiger partial charge is 0.493 e. The van der Waals surface area contributed by atoms with Crippen LogP contribution in [0, 0.1) is 5.82 Å². The Labute approximate surface area is 142 Å². The van der Waals surface area contributed by atoms with Crippen molar-refractivity contribution in [1.29, 1.82) is 0 Å². The SMILES string of the molecule is COc1cc(C(=O)N2CCCc3cccc(F)c32)ccc1OC(F)F. The Morgan fingerprint density at radius 2 is 2.00 bits per heavy atom. The molecule has 0 aromatic heterocycles. The van der Waals surface area contributed by atoms with E-state index in [4.69, 9.17) is 4.74 Å². The van der Waals surface area contributed by atoms with Gasteiger partial charge in [0.05, 0.1) is 12.8 Å². The monoisotopic (exact) mass is 351 g/mol. The summed E-state index contributed by atoms with van der Waals surface area (Å²) in [7, 11) is 1.29. The molecule has 0 saturated heterocycles. The van der Waals surface area contributed by atoms with E-state index in [1.807, 2.05) is 0 Å². The lowest BCUT2D eigenvalue weighted by molar-refractivity contribution is -0.0512. The zero-order valence-electron chi connectivity index (χ0n) is 13.5. The van der Waals surface area contributed by atoms with Crippen LogP contribution in [0.5, 0.6) is 11.5 Å². The van der Waals surface area contributed by atoms with Gasteiger partial charge in [-0.2, -0.15) is 8.78 Å². The first-order valence-corrected chi connectivity index (χ1v) is 7.73. The molecule has 132 valence electrons. The molecule has 1 heterocycles. The van der Waals surface area contributed by atoms with Crippen molar-refractivity contribution < 1.29 is 27.4 Å². The van der Waals surface area contributed by atoms with Gasteiger partial charge in [-0.3, -0.25) is 4.79 Å². The van der Waals surface area contributed by atoms with Gasteiger partial charge in [0.25, 0.3) is 5.91 Å². The average molecular weight is 351 g/mol. The van der Waals surface area contributed by atoms with Crippen molar-refractivity contribution in [2.45, 2.75) is 19.5 Å². The Morgan fingerprint density at radius 3 is 2.72 bits per heavy atom. The maximum Gasteiger partial charge on any atom is 0.387 e. The molecule has 25 heavy (non-hydrogen) atoms. The summed E-state index contributed by atoms with van der Waals surface area (Å²) in [6.07, 6.45) is 1.41. The molecule has 0 N–H and O–H groups in total. The summed E-state index contributed by atoms with van der Waals surface area (Å²) in [5.41, 5.74) is 1.24. The molecule has 0 fully saturated rings. The van der Waals surface area contributed by atoms with Gasteiger partial charge in [0.15, 0.2) is 11.5 Å². The molecule has 0 aliphatic carbocycles. The van der Waals surface area contributed by atoms with Crippen LogP contribution in [0.25, 0.3) is 0 Å². The Kier molecular flexibility index (Phi) is 4.83. The fourth-order valence-corrected chi connectivity index (χ4v) is 2.96. The quantitative estimate of drug-likeness (QED) is 0.835. The van der Waals surface area contributed by atoms with Gasteiger partial charge in [0.2, 0.25) is 0 Å². The van der Waals surface area contributed by atoms with E-state index in [2.05, 4.69) is 4.74 Å². The normalized spacial score (nSPS) is 13.6. The smallest absolute Gasteiger partial charge is 0.387 e. The third-order valence-electron chi connectivity index (χ3n) is 4.04. The lowest BCUT2D eigenvalue weighted by Gasteiger charge is -2.30. The number of nitrogens with zero attached hydrogens (tertiary/aromatic N) is 1. The predicted octanol–water partition coefficient (Wildman–Crippen LogP) is 4.03. The Morgan fingerprint density at radius 1 is 1.20 bits per heavy atom. The maximum atomic E-state index is 14.2. The zero-order chi connectivity index (χ0) is 18.0. The van der Waals surface area contributed by atoms with E-state index in [9.17, 15) is 18.0 Å². The van der Waals surface area contributed by atoms with Gasteiger partial charge in [0.1, 0.15) is 5.82 Å². The fraction of sp³-hybridized carbons (Fsp3) is 0.278. The second-order valence-corrected chi connectivity index (χ2v) is 5.55. The van der Waals surface area contributed by atoms with Crippen molar-refractivity contribution in [2.75, 3.05) is 18.6 Å². The number of carbonyl (C=O) groups excluding carboxylic acids is 1. The number of ether oxygens (including phenoxy) is 2. The van der Waals surface area contributed by atoms with Crippen molar-refractivity contribution in [3.63, 3.8) is 0 Å². The van der Waals surface area contributed by atoms with E-state index in [1.165, 1.54) is 36.3 Å². The first-order valence-electron chi connectivity index (χ1n) is 7.73. The number of hydrogen-bond acceptors (Lipinski definition) is 3. The van der Waals surface area contributed by atoms with Crippen LogP contribution in [-0.4, -0.2) is 26.2 Å². The summed E-state index contributed by atoms with van der Waals surface area (Å²) in [4.78, 5) is 14.2. The molecule has 1 amide bonds. The summed E-state index contributed by atoms with van der Waals surface area (Å²) in [6.45, 7) is -2.62. The third-order valence-corrected chi connectivity index (χ3v) is 4.04. The second-order valence-electron chi connectivity index (χ2n) is 5.55. The number of hydrogen-bond donors (Lipinski definition) is 0. The van der Waals surface area contributed by atoms with E-state index in [0.29, 0.717) is 19.4 Å². The summed E-state index contributed by atoms with van der Waals surface area (Å²) in [6, 6.07) is 8.63. The number of methoxy groups -OCH3 is 1. The number of para-hydroxylation sites is 1. The van der Waals surface area contributed by atoms with Gasteiger partial charge in [-0.15, -0.1) is 0 Å². The standard InChI is InChI=1S/C18H16F3NO3/c1-24-15-10-12(7-8-14(15)25-18(20)21)17(23)22-9-3-5-11-4-2-6-13(19)16(11)22/h2,4,6-8,10,18H,3,5,9H2,1H3. The highest BCUT2D eigenvalue weighted by molar-refractivity contribution is 6.07. The number of fused-ring (bicyclic) bond motifs is 1. The molecule has 1 aliphatic heterocycles. The molecular weight excluding hydrogens is 335 g/mol. The first kappa shape index (κ1) is 17.1. The lowest BCUT2D eigenvalue weighted by Crippen LogP contribution is -2.36. The van der Waals surface area contributed by atoms with Gasteiger partial charge in [-0.05, 0) is 42.7 Å². The van der Waals surface area contributed by atoms with Gasteiger partial charge < -0.3 is 14.4 Å². The van der Waals surface area contributed by atoms with Crippen LogP contribution in [0.15, 0.2) is 36.4 Å². The van der Waals surface area contributed by atoms with E-state index in [0.717, 1.165) is 5.56 Å². The summed E-state index contributed by atoms with van der Waals surface area (Å²) in [5.74, 6) is -1.04. The van der Waals surface area contributed by atoms with Gasteiger partial charge in [-0.1, -0.05) is 12.1 Å². The Bertz CT molecular complexity index is 795. The van der Waals surface area contributed by atoms with Crippen LogP contribution < -0.4 is 14.4 Å². The average Bonchev–Trinajstić information content (AvgIpc) is 2.61. The zero-order valence-corrected chi connectivity index (χ0v) is 13.5. The Balaban J connectivity index is 1.95. The maximum absolute atomic E-state index is 14.2. The summed E-state index contributed by atoms with van der Waals surface area (Å²) >= 11 is 0. The number of carbonyl (C=O) groups is 1. The molecule has 4 nitrogen and oxygen atoms in total. The molecule has 2 aromatic carbocycles. The minimum Gasteiger partial charge on any atom is -0.493 e. The molecule has 0 spiro atoms. The van der Waals surface area contributed by atoms with Gasteiger partial charge >= 0.3 is 6.61 Å². The fourth-order valence-electron chi connectivity index (χ4n) is 2.96. The number of rotatable bonds is 4. The molecule has 7 heteroatoms. The van der Waals surface area contributed by atoms with Crippen molar-refractivity contribution in [2.24, 2.45) is 0 Å². The molecule has 1 aliphatic rings. The minimum absolute atomic E-state index is 0.0110. The molecule has 2 aromatic rings. The number of amides is 1. The van der Waals surface area contributed by atoms with E-state index in [-0.39, 0.29) is 22.7 Å². The highest BCUT2D eigenvalue weighted by Crippen LogP contribution is 2.33. The van der Waals surface area contributed by atoms with Gasteiger partial charge in [0, 0.05) is 12.1 Å². The molecular formula is C18H16F3NO3. The van der Waals surface area contributed by atoms with Crippen LogP contribution in [0.1, 0.15) is 22.3 Å². The van der Waals surface area contributed by atoms with Crippen LogP contribution in [-0.2, 0) is 6.42 Å². The first-order chi connectivity index (χ1) is 12.0. The minimum atomic E-state index is -3.00. The van der Waals surface area contributed by atoms with E-state index >= 15 is 0 Å². The predicted molar refractivity (Wildman–Crippen MR) is 86.0 cm³/mol. The summed E-state index contributed by atoms with van der Waals surface area (Å²) < 4.78 is 48.4. The van der Waals surface area contributed by atoms with Crippen LogP contribution in [0.2, 0.25) is 0 Å². The number of benzene rings is 2. The van der Waals surface area contributed by atoms with E-state index < -0.39 is 18.3 Å². The molecule has 0 atom stereocenters. The second kappa shape index (κ2) is 7.04. The Hall–Kier alpha value is -2.70. The molecule has 0 bridgehead atoms. The number of halogens is 3. The topological polar surface area (TPSA) is 38.8 Å². The van der Waals surface area contributed by atoms with Crippen molar-refractivity contribution in [3.05, 3.63) is 53.3 Å². The highest BCUT2D eigenvalue weighted by atomic mass is 19.3.